The second-order valence-electron chi connectivity index (χ2n) is 4.10. The molecule has 0 amide bonds. The molecule has 1 heterocycles. The number of phenolic OH excluding ortho intramolecular Hbond substituents is 1. The van der Waals surface area contributed by atoms with Gasteiger partial charge in [0.25, 0.3) is 5.89 Å². The third-order valence-electron chi connectivity index (χ3n) is 2.70. The molecule has 3 rings (SSSR count). The summed E-state index contributed by atoms with van der Waals surface area (Å²) in [6, 6.07) is 12.0. The van der Waals surface area contributed by atoms with Crippen molar-refractivity contribution in [2.75, 3.05) is 0 Å². The van der Waals surface area contributed by atoms with Crippen molar-refractivity contribution in [3.8, 4) is 28.6 Å². The van der Waals surface area contributed by atoms with Crippen molar-refractivity contribution in [2.24, 2.45) is 0 Å². The van der Waals surface area contributed by atoms with Gasteiger partial charge < -0.3 is 9.63 Å². The van der Waals surface area contributed by atoms with Crippen molar-refractivity contribution in [3.05, 3.63) is 52.0 Å². The van der Waals surface area contributed by atoms with E-state index in [1.54, 1.807) is 30.3 Å². The van der Waals surface area contributed by atoms with Gasteiger partial charge >= 0.3 is 0 Å². The van der Waals surface area contributed by atoms with Crippen LogP contribution < -0.4 is 0 Å². The number of benzene rings is 2. The van der Waals surface area contributed by atoms with Crippen LogP contribution >= 0.6 is 27.5 Å². The first-order valence-electron chi connectivity index (χ1n) is 5.72. The van der Waals surface area contributed by atoms with Gasteiger partial charge in [0, 0.05) is 15.6 Å². The van der Waals surface area contributed by atoms with E-state index in [4.69, 9.17) is 16.1 Å². The summed E-state index contributed by atoms with van der Waals surface area (Å²) < 4.78 is 5.97. The molecule has 0 bridgehead atoms. The molecule has 0 unspecified atom stereocenters. The lowest BCUT2D eigenvalue weighted by Crippen LogP contribution is -1.82. The van der Waals surface area contributed by atoms with E-state index in [0.29, 0.717) is 22.3 Å². The molecule has 0 aliphatic heterocycles. The zero-order valence-corrected chi connectivity index (χ0v) is 12.4. The summed E-state index contributed by atoms with van der Waals surface area (Å²) in [6.07, 6.45) is 0. The maximum Gasteiger partial charge on any atom is 0.258 e. The Morgan fingerprint density at radius 1 is 1.10 bits per heavy atom. The number of rotatable bonds is 2. The quantitative estimate of drug-likeness (QED) is 0.737. The molecule has 6 heteroatoms. The molecule has 1 N–H and O–H groups in total. The minimum Gasteiger partial charge on any atom is -0.508 e. The van der Waals surface area contributed by atoms with Crippen LogP contribution in [0.3, 0.4) is 0 Å². The number of hydrogen-bond donors (Lipinski definition) is 1. The highest BCUT2D eigenvalue weighted by Gasteiger charge is 2.12. The van der Waals surface area contributed by atoms with Crippen molar-refractivity contribution in [3.63, 3.8) is 0 Å². The molecule has 100 valence electrons. The molecule has 0 fully saturated rings. The molecule has 0 saturated heterocycles. The SMILES string of the molecule is Oc1cccc(-c2nc(-c3ccc(Cl)c(Br)c3)no2)c1. The minimum absolute atomic E-state index is 0.150. The van der Waals surface area contributed by atoms with Crippen LogP contribution in [-0.4, -0.2) is 15.2 Å². The molecular weight excluding hydrogens is 344 g/mol. The Morgan fingerprint density at radius 2 is 1.95 bits per heavy atom. The number of halogens is 2. The molecule has 0 atom stereocenters. The molecule has 0 spiro atoms. The van der Waals surface area contributed by atoms with Crippen molar-refractivity contribution in [2.45, 2.75) is 0 Å². The average molecular weight is 352 g/mol. The predicted octanol–water partition coefficient (Wildman–Crippen LogP) is 4.53. The maximum absolute atomic E-state index is 9.45. The lowest BCUT2D eigenvalue weighted by Gasteiger charge is -1.97. The van der Waals surface area contributed by atoms with Gasteiger partial charge in [-0.15, -0.1) is 0 Å². The zero-order chi connectivity index (χ0) is 14.1. The maximum atomic E-state index is 9.45. The van der Waals surface area contributed by atoms with Crippen molar-refractivity contribution in [1.82, 2.24) is 10.1 Å². The van der Waals surface area contributed by atoms with Gasteiger partial charge in [0.15, 0.2) is 0 Å². The summed E-state index contributed by atoms with van der Waals surface area (Å²) in [6.45, 7) is 0. The van der Waals surface area contributed by atoms with Gasteiger partial charge in [-0.3, -0.25) is 0 Å². The predicted molar refractivity (Wildman–Crippen MR) is 79.5 cm³/mol. The lowest BCUT2D eigenvalue weighted by molar-refractivity contribution is 0.431. The zero-order valence-electron chi connectivity index (χ0n) is 10.0. The molecule has 20 heavy (non-hydrogen) atoms. The Morgan fingerprint density at radius 3 is 2.70 bits per heavy atom. The van der Waals surface area contributed by atoms with Gasteiger partial charge in [0.1, 0.15) is 5.75 Å². The summed E-state index contributed by atoms with van der Waals surface area (Å²) in [7, 11) is 0. The Kier molecular flexibility index (Phi) is 3.46. The van der Waals surface area contributed by atoms with E-state index in [1.165, 1.54) is 0 Å². The van der Waals surface area contributed by atoms with Crippen LogP contribution in [0.2, 0.25) is 5.02 Å². The fourth-order valence-electron chi connectivity index (χ4n) is 1.73. The van der Waals surface area contributed by atoms with Gasteiger partial charge in [-0.2, -0.15) is 4.98 Å². The Balaban J connectivity index is 1.99. The highest BCUT2D eigenvalue weighted by Crippen LogP contribution is 2.29. The summed E-state index contributed by atoms with van der Waals surface area (Å²) in [5.41, 5.74) is 1.45. The van der Waals surface area contributed by atoms with Crippen LogP contribution in [0.4, 0.5) is 0 Å². The number of hydrogen-bond acceptors (Lipinski definition) is 4. The number of aromatic hydroxyl groups is 1. The van der Waals surface area contributed by atoms with E-state index in [2.05, 4.69) is 26.1 Å². The minimum atomic E-state index is 0.150. The van der Waals surface area contributed by atoms with Crippen molar-refractivity contribution >= 4 is 27.5 Å². The molecule has 0 radical (unpaired) electrons. The van der Waals surface area contributed by atoms with Crippen molar-refractivity contribution < 1.29 is 9.63 Å². The summed E-state index contributed by atoms with van der Waals surface area (Å²) >= 11 is 9.30. The fourth-order valence-corrected chi connectivity index (χ4v) is 2.23. The highest BCUT2D eigenvalue weighted by molar-refractivity contribution is 9.10. The molecule has 3 aromatic rings. The third kappa shape index (κ3) is 2.55. The van der Waals surface area contributed by atoms with E-state index < -0.39 is 0 Å². The van der Waals surface area contributed by atoms with Gasteiger partial charge in [-0.25, -0.2) is 0 Å². The lowest BCUT2D eigenvalue weighted by atomic mass is 10.2. The molecular formula is C14H8BrClN2O2. The van der Waals surface area contributed by atoms with E-state index in [1.807, 2.05) is 12.1 Å². The first-order valence-corrected chi connectivity index (χ1v) is 6.89. The first-order chi connectivity index (χ1) is 9.63. The van der Waals surface area contributed by atoms with Crippen LogP contribution in [0.25, 0.3) is 22.8 Å². The fraction of sp³-hybridized carbons (Fsp3) is 0. The third-order valence-corrected chi connectivity index (χ3v) is 3.91. The molecule has 0 saturated carbocycles. The van der Waals surface area contributed by atoms with Crippen LogP contribution in [0.5, 0.6) is 5.75 Å². The van der Waals surface area contributed by atoms with Crippen LogP contribution in [0.1, 0.15) is 0 Å². The smallest absolute Gasteiger partial charge is 0.258 e. The number of aromatic nitrogens is 2. The largest absolute Gasteiger partial charge is 0.508 e. The highest BCUT2D eigenvalue weighted by atomic mass is 79.9. The Bertz CT molecular complexity index is 773. The van der Waals surface area contributed by atoms with Crippen LogP contribution in [0, 0.1) is 0 Å². The molecule has 4 nitrogen and oxygen atoms in total. The van der Waals surface area contributed by atoms with E-state index in [9.17, 15) is 5.11 Å². The molecule has 0 aliphatic rings. The Labute approximate surface area is 128 Å². The average Bonchev–Trinajstić information content (AvgIpc) is 2.92. The summed E-state index contributed by atoms with van der Waals surface area (Å²) in [4.78, 5) is 4.31. The second-order valence-corrected chi connectivity index (χ2v) is 5.36. The summed E-state index contributed by atoms with van der Waals surface area (Å²) in [5.74, 6) is 0.958. The second kappa shape index (κ2) is 5.26. The monoisotopic (exact) mass is 350 g/mol. The molecule has 0 aliphatic carbocycles. The topological polar surface area (TPSA) is 59.2 Å². The number of phenols is 1. The normalized spacial score (nSPS) is 10.7. The van der Waals surface area contributed by atoms with Gasteiger partial charge in [0.2, 0.25) is 5.82 Å². The number of nitrogens with zero attached hydrogens (tertiary/aromatic N) is 2. The van der Waals surface area contributed by atoms with E-state index >= 15 is 0 Å². The van der Waals surface area contributed by atoms with E-state index in [0.717, 1.165) is 10.0 Å². The standard InChI is InChI=1S/C14H8BrClN2O2/c15-11-7-8(4-5-12(11)16)13-17-14(20-18-13)9-2-1-3-10(19)6-9/h1-7,19H. The van der Waals surface area contributed by atoms with E-state index in [-0.39, 0.29) is 5.75 Å². The molecule has 2 aromatic carbocycles. The summed E-state index contributed by atoms with van der Waals surface area (Å²) in [5, 5.41) is 14.0. The Hall–Kier alpha value is -1.85. The first kappa shape index (κ1) is 13.1. The van der Waals surface area contributed by atoms with Crippen molar-refractivity contribution in [1.29, 1.82) is 0 Å². The molecule has 1 aromatic heterocycles. The van der Waals surface area contributed by atoms with Crippen LogP contribution in [-0.2, 0) is 0 Å². The van der Waals surface area contributed by atoms with Gasteiger partial charge in [-0.05, 0) is 52.3 Å². The van der Waals surface area contributed by atoms with Gasteiger partial charge in [-0.1, -0.05) is 22.8 Å². The van der Waals surface area contributed by atoms with Gasteiger partial charge in [0.05, 0.1) is 5.02 Å². The van der Waals surface area contributed by atoms with Crippen LogP contribution in [0.15, 0.2) is 51.5 Å².